The second kappa shape index (κ2) is 3.93. The van der Waals surface area contributed by atoms with E-state index in [1.807, 2.05) is 0 Å². The number of carbonyl (C=O) groups excluding carboxylic acids is 1. The zero-order chi connectivity index (χ0) is 11.8. The second-order valence-electron chi connectivity index (χ2n) is 3.56. The molecule has 0 radical (unpaired) electrons. The maximum atomic E-state index is 12.9. The molecule has 4 nitrogen and oxygen atoms in total. The number of alkyl halides is 2. The van der Waals surface area contributed by atoms with Gasteiger partial charge in [0, 0.05) is 13.0 Å². The summed E-state index contributed by atoms with van der Waals surface area (Å²) in [5.74, 6) is -3.37. The summed E-state index contributed by atoms with van der Waals surface area (Å²) in [6.45, 7) is -0.542. The van der Waals surface area contributed by atoms with Gasteiger partial charge in [-0.05, 0) is 0 Å². The van der Waals surface area contributed by atoms with Crippen molar-refractivity contribution in [1.82, 2.24) is 14.9 Å². The molecule has 0 unspecified atom stereocenters. The standard InChI is InChI=1S/C9H8ClF2N3O/c10-7-4-13-3-6(14-7)8(16)15-2-1-9(11,12)5-15/h3-4H,1-2,5H2. The first-order valence-electron chi connectivity index (χ1n) is 4.63. The third-order valence-electron chi connectivity index (χ3n) is 2.28. The van der Waals surface area contributed by atoms with Gasteiger partial charge in [-0.3, -0.25) is 9.78 Å². The molecule has 1 saturated heterocycles. The van der Waals surface area contributed by atoms with Crippen LogP contribution in [0.15, 0.2) is 12.4 Å². The number of aromatic nitrogens is 2. The lowest BCUT2D eigenvalue weighted by Crippen LogP contribution is -2.32. The highest BCUT2D eigenvalue weighted by atomic mass is 35.5. The second-order valence-corrected chi connectivity index (χ2v) is 3.95. The van der Waals surface area contributed by atoms with Crippen molar-refractivity contribution in [3.63, 3.8) is 0 Å². The molecule has 1 fully saturated rings. The van der Waals surface area contributed by atoms with Crippen molar-refractivity contribution in [3.8, 4) is 0 Å². The molecule has 0 bridgehead atoms. The van der Waals surface area contributed by atoms with Crippen LogP contribution >= 0.6 is 11.6 Å². The van der Waals surface area contributed by atoms with Gasteiger partial charge in [-0.15, -0.1) is 0 Å². The van der Waals surface area contributed by atoms with Crippen molar-refractivity contribution in [2.24, 2.45) is 0 Å². The lowest BCUT2D eigenvalue weighted by molar-refractivity contribution is 0.0119. The van der Waals surface area contributed by atoms with Crippen LogP contribution in [0.2, 0.25) is 5.15 Å². The number of hydrogen-bond acceptors (Lipinski definition) is 3. The monoisotopic (exact) mass is 247 g/mol. The Bertz CT molecular complexity index is 427. The van der Waals surface area contributed by atoms with Crippen molar-refractivity contribution in [2.45, 2.75) is 12.3 Å². The van der Waals surface area contributed by atoms with Crippen LogP contribution in [0.1, 0.15) is 16.9 Å². The fraction of sp³-hybridized carbons (Fsp3) is 0.444. The van der Waals surface area contributed by atoms with Crippen LogP contribution < -0.4 is 0 Å². The summed E-state index contributed by atoms with van der Waals surface area (Å²) >= 11 is 5.56. The number of amides is 1. The molecule has 0 atom stereocenters. The van der Waals surface area contributed by atoms with E-state index in [0.717, 1.165) is 4.90 Å². The van der Waals surface area contributed by atoms with Gasteiger partial charge in [0.25, 0.3) is 11.8 Å². The fourth-order valence-electron chi connectivity index (χ4n) is 1.52. The van der Waals surface area contributed by atoms with E-state index in [2.05, 4.69) is 9.97 Å². The van der Waals surface area contributed by atoms with E-state index in [4.69, 9.17) is 11.6 Å². The molecule has 2 rings (SSSR count). The molecular formula is C9H8ClF2N3O. The summed E-state index contributed by atoms with van der Waals surface area (Å²) in [4.78, 5) is 20.2. The van der Waals surface area contributed by atoms with Crippen LogP contribution in [0.25, 0.3) is 0 Å². The van der Waals surface area contributed by atoms with Crippen LogP contribution in [-0.2, 0) is 0 Å². The number of carbonyl (C=O) groups is 1. The molecule has 86 valence electrons. The molecule has 1 aliphatic rings. The van der Waals surface area contributed by atoms with E-state index >= 15 is 0 Å². The van der Waals surface area contributed by atoms with Crippen LogP contribution in [0.4, 0.5) is 8.78 Å². The van der Waals surface area contributed by atoms with Gasteiger partial charge in [-0.2, -0.15) is 0 Å². The Morgan fingerprint density at radius 2 is 2.25 bits per heavy atom. The minimum absolute atomic E-state index is 0.00907. The summed E-state index contributed by atoms with van der Waals surface area (Å²) < 4.78 is 25.8. The zero-order valence-corrected chi connectivity index (χ0v) is 8.92. The number of rotatable bonds is 1. The third kappa shape index (κ3) is 2.27. The minimum atomic E-state index is -2.80. The van der Waals surface area contributed by atoms with E-state index in [-0.39, 0.29) is 23.8 Å². The van der Waals surface area contributed by atoms with Crippen LogP contribution in [0, 0.1) is 0 Å². The smallest absolute Gasteiger partial charge is 0.274 e. The zero-order valence-electron chi connectivity index (χ0n) is 8.16. The maximum Gasteiger partial charge on any atom is 0.274 e. The van der Waals surface area contributed by atoms with Gasteiger partial charge in [0.15, 0.2) is 0 Å². The Labute approximate surface area is 95.2 Å². The van der Waals surface area contributed by atoms with Gasteiger partial charge in [0.2, 0.25) is 0 Å². The molecule has 1 aromatic rings. The van der Waals surface area contributed by atoms with Gasteiger partial charge in [0.1, 0.15) is 10.8 Å². The molecule has 1 aliphatic heterocycles. The molecule has 0 N–H and O–H groups in total. The Morgan fingerprint density at radius 1 is 1.50 bits per heavy atom. The highest BCUT2D eigenvalue weighted by Crippen LogP contribution is 2.27. The van der Waals surface area contributed by atoms with Gasteiger partial charge in [-0.25, -0.2) is 13.8 Å². The number of halogens is 3. The fourth-order valence-corrected chi connectivity index (χ4v) is 1.66. The number of nitrogens with zero attached hydrogens (tertiary/aromatic N) is 3. The Hall–Kier alpha value is -1.30. The first-order chi connectivity index (χ1) is 7.48. The van der Waals surface area contributed by atoms with Crippen LogP contribution in [0.5, 0.6) is 0 Å². The highest BCUT2D eigenvalue weighted by molar-refractivity contribution is 6.29. The van der Waals surface area contributed by atoms with Gasteiger partial charge >= 0.3 is 0 Å². The minimum Gasteiger partial charge on any atom is -0.331 e. The molecule has 0 spiro atoms. The summed E-state index contributed by atoms with van der Waals surface area (Å²) in [6.07, 6.45) is 2.17. The molecule has 0 aromatic carbocycles. The number of hydrogen-bond donors (Lipinski definition) is 0. The lowest BCUT2D eigenvalue weighted by atomic mass is 10.3. The first kappa shape index (κ1) is 11.2. The summed E-state index contributed by atoms with van der Waals surface area (Å²) in [5.41, 5.74) is -0.00907. The molecular weight excluding hydrogens is 240 g/mol. The van der Waals surface area contributed by atoms with Gasteiger partial charge < -0.3 is 4.90 Å². The van der Waals surface area contributed by atoms with Crippen molar-refractivity contribution >= 4 is 17.5 Å². The van der Waals surface area contributed by atoms with E-state index in [1.165, 1.54) is 12.4 Å². The summed E-state index contributed by atoms with van der Waals surface area (Å²) in [7, 11) is 0. The SMILES string of the molecule is O=C(c1cncc(Cl)n1)N1CCC(F)(F)C1. The average Bonchev–Trinajstić information content (AvgIpc) is 2.58. The predicted octanol–water partition coefficient (Wildman–Crippen LogP) is 1.61. The molecule has 16 heavy (non-hydrogen) atoms. The lowest BCUT2D eigenvalue weighted by Gasteiger charge is -2.15. The molecule has 7 heteroatoms. The van der Waals surface area contributed by atoms with Crippen LogP contribution in [-0.4, -0.2) is 39.8 Å². The van der Waals surface area contributed by atoms with E-state index in [0.29, 0.717) is 0 Å². The molecule has 2 heterocycles. The van der Waals surface area contributed by atoms with Crippen molar-refractivity contribution in [3.05, 3.63) is 23.2 Å². The summed E-state index contributed by atoms with van der Waals surface area (Å²) in [5, 5.41) is 0.0665. The topological polar surface area (TPSA) is 46.1 Å². The molecule has 0 aliphatic carbocycles. The van der Waals surface area contributed by atoms with Crippen molar-refractivity contribution in [1.29, 1.82) is 0 Å². The highest BCUT2D eigenvalue weighted by Gasteiger charge is 2.40. The van der Waals surface area contributed by atoms with E-state index < -0.39 is 18.4 Å². The van der Waals surface area contributed by atoms with E-state index in [9.17, 15) is 13.6 Å². The third-order valence-corrected chi connectivity index (χ3v) is 2.46. The Kier molecular flexibility index (Phi) is 2.75. The van der Waals surface area contributed by atoms with Gasteiger partial charge in [-0.1, -0.05) is 11.6 Å². The quantitative estimate of drug-likeness (QED) is 0.757. The first-order valence-corrected chi connectivity index (χ1v) is 5.00. The summed E-state index contributed by atoms with van der Waals surface area (Å²) in [6, 6.07) is 0. The Morgan fingerprint density at radius 3 is 2.81 bits per heavy atom. The van der Waals surface area contributed by atoms with Crippen LogP contribution in [0.3, 0.4) is 0 Å². The van der Waals surface area contributed by atoms with Crippen molar-refractivity contribution < 1.29 is 13.6 Å². The van der Waals surface area contributed by atoms with E-state index in [1.54, 1.807) is 0 Å². The number of likely N-dealkylation sites (tertiary alicyclic amines) is 1. The normalized spacial score (nSPS) is 18.8. The largest absolute Gasteiger partial charge is 0.331 e. The molecule has 0 saturated carbocycles. The van der Waals surface area contributed by atoms with Gasteiger partial charge in [0.05, 0.1) is 18.9 Å². The molecule has 1 amide bonds. The Balaban J connectivity index is 2.15. The maximum absolute atomic E-state index is 12.9. The molecule has 1 aromatic heterocycles. The predicted molar refractivity (Wildman–Crippen MR) is 52.5 cm³/mol. The average molecular weight is 248 g/mol. The van der Waals surface area contributed by atoms with Crippen molar-refractivity contribution in [2.75, 3.05) is 13.1 Å².